The summed E-state index contributed by atoms with van der Waals surface area (Å²) in [5.74, 6) is 0. The molecule has 0 aromatic rings. The summed E-state index contributed by atoms with van der Waals surface area (Å²) in [7, 11) is 0. The molecule has 3 heteroatoms. The van der Waals surface area contributed by atoms with E-state index in [0.717, 1.165) is 32.1 Å². The number of nitrogens with one attached hydrogen (secondary N) is 1. The molecule has 1 aliphatic heterocycles. The third kappa shape index (κ3) is 1.91. The molecule has 0 amide bonds. The summed E-state index contributed by atoms with van der Waals surface area (Å²) in [6, 6.07) is 0.719. The molecule has 3 nitrogen and oxygen atoms in total. The van der Waals surface area contributed by atoms with E-state index in [-0.39, 0.29) is 0 Å². The van der Waals surface area contributed by atoms with Crippen molar-refractivity contribution in [2.24, 2.45) is 4.99 Å². The molecule has 1 rings (SSSR count). The van der Waals surface area contributed by atoms with Crippen molar-refractivity contribution in [2.45, 2.75) is 13.3 Å². The van der Waals surface area contributed by atoms with Crippen LogP contribution in [0.5, 0.6) is 0 Å². The van der Waals surface area contributed by atoms with E-state index in [1.807, 2.05) is 0 Å². The third-order valence-corrected chi connectivity index (χ3v) is 1.09. The van der Waals surface area contributed by atoms with E-state index in [2.05, 4.69) is 17.2 Å². The van der Waals surface area contributed by atoms with E-state index in [1.54, 1.807) is 0 Å². The fourth-order valence-corrected chi connectivity index (χ4v) is 0.672. The summed E-state index contributed by atoms with van der Waals surface area (Å²) in [5.41, 5.74) is 0. The first kappa shape index (κ1) is 6.39. The van der Waals surface area contributed by atoms with Crippen LogP contribution in [0.15, 0.2) is 4.99 Å². The quantitative estimate of drug-likeness (QED) is 0.583. The van der Waals surface area contributed by atoms with Gasteiger partial charge in [-0.3, -0.25) is 0 Å². The van der Waals surface area contributed by atoms with Gasteiger partial charge < -0.3 is 10.1 Å². The highest BCUT2D eigenvalue weighted by molar-refractivity contribution is 5.75. The van der Waals surface area contributed by atoms with E-state index in [9.17, 15) is 0 Å². The Morgan fingerprint density at radius 3 is 3.22 bits per heavy atom. The van der Waals surface area contributed by atoms with Crippen molar-refractivity contribution in [1.29, 1.82) is 0 Å². The molecule has 9 heavy (non-hydrogen) atoms. The average molecular weight is 128 g/mol. The summed E-state index contributed by atoms with van der Waals surface area (Å²) in [5, 5.41) is 3.02. The minimum Gasteiger partial charge on any atom is -0.465 e. The molecule has 0 atom stereocenters. The monoisotopic (exact) mass is 128 g/mol. The van der Waals surface area contributed by atoms with Crippen LogP contribution in [0.4, 0.5) is 0 Å². The Morgan fingerprint density at radius 1 is 1.78 bits per heavy atom. The van der Waals surface area contributed by atoms with Crippen LogP contribution in [-0.4, -0.2) is 25.7 Å². The van der Waals surface area contributed by atoms with Crippen LogP contribution >= 0.6 is 0 Å². The number of hydrogen-bond acceptors (Lipinski definition) is 3. The average Bonchev–Trinajstić information content (AvgIpc) is 2.34. The van der Waals surface area contributed by atoms with Gasteiger partial charge in [-0.1, -0.05) is 6.92 Å². The van der Waals surface area contributed by atoms with E-state index in [0.29, 0.717) is 0 Å². The standard InChI is InChI=1S/C6H12N2O/c1-2-5-9-6-7-3-4-8-6/h2-5H2,1H3,(H,7,8). The van der Waals surface area contributed by atoms with Gasteiger partial charge in [-0.25, -0.2) is 4.99 Å². The van der Waals surface area contributed by atoms with Crippen molar-refractivity contribution >= 4 is 6.02 Å². The molecule has 1 heterocycles. The van der Waals surface area contributed by atoms with E-state index < -0.39 is 0 Å². The summed E-state index contributed by atoms with van der Waals surface area (Å²) in [6.45, 7) is 4.64. The lowest BCUT2D eigenvalue weighted by Gasteiger charge is -2.01. The lowest BCUT2D eigenvalue weighted by Crippen LogP contribution is -2.21. The highest BCUT2D eigenvalue weighted by atomic mass is 16.5. The zero-order valence-electron chi connectivity index (χ0n) is 5.68. The van der Waals surface area contributed by atoms with Gasteiger partial charge in [0.15, 0.2) is 0 Å². The Labute approximate surface area is 55.1 Å². The van der Waals surface area contributed by atoms with Gasteiger partial charge in [-0.15, -0.1) is 0 Å². The first-order chi connectivity index (χ1) is 4.43. The first-order valence-electron chi connectivity index (χ1n) is 3.34. The number of aliphatic imine (C=N–C) groups is 1. The normalized spacial score (nSPS) is 16.8. The van der Waals surface area contributed by atoms with Crippen LogP contribution in [0.3, 0.4) is 0 Å². The number of rotatable bonds is 2. The van der Waals surface area contributed by atoms with Crippen LogP contribution in [0.2, 0.25) is 0 Å². The van der Waals surface area contributed by atoms with Gasteiger partial charge in [0.25, 0.3) is 6.02 Å². The molecule has 0 aromatic carbocycles. The van der Waals surface area contributed by atoms with Gasteiger partial charge in [-0.2, -0.15) is 0 Å². The predicted molar refractivity (Wildman–Crippen MR) is 36.5 cm³/mol. The van der Waals surface area contributed by atoms with Gasteiger partial charge in [0.1, 0.15) is 0 Å². The summed E-state index contributed by atoms with van der Waals surface area (Å²) in [4.78, 5) is 4.06. The van der Waals surface area contributed by atoms with E-state index >= 15 is 0 Å². The van der Waals surface area contributed by atoms with Crippen molar-refractivity contribution in [3.05, 3.63) is 0 Å². The molecule has 0 bridgehead atoms. The van der Waals surface area contributed by atoms with Crippen LogP contribution in [-0.2, 0) is 4.74 Å². The van der Waals surface area contributed by atoms with E-state index in [4.69, 9.17) is 4.74 Å². The molecule has 0 radical (unpaired) electrons. The molecule has 1 N–H and O–H groups in total. The van der Waals surface area contributed by atoms with E-state index in [1.165, 1.54) is 0 Å². The van der Waals surface area contributed by atoms with Gasteiger partial charge in [0.2, 0.25) is 0 Å². The molecule has 0 saturated heterocycles. The second-order valence-electron chi connectivity index (χ2n) is 1.96. The molecular formula is C6H12N2O. The minimum absolute atomic E-state index is 0.719. The number of hydrogen-bond donors (Lipinski definition) is 1. The zero-order valence-corrected chi connectivity index (χ0v) is 5.68. The SMILES string of the molecule is CCCOC1=NCCN1. The third-order valence-electron chi connectivity index (χ3n) is 1.09. The molecule has 0 spiro atoms. The summed E-state index contributed by atoms with van der Waals surface area (Å²) in [6.07, 6.45) is 1.04. The fraction of sp³-hybridized carbons (Fsp3) is 0.833. The maximum absolute atomic E-state index is 5.19. The van der Waals surface area contributed by atoms with Crippen molar-refractivity contribution in [3.63, 3.8) is 0 Å². The van der Waals surface area contributed by atoms with Crippen LogP contribution in [0, 0.1) is 0 Å². The van der Waals surface area contributed by atoms with Crippen LogP contribution in [0.1, 0.15) is 13.3 Å². The maximum Gasteiger partial charge on any atom is 0.284 e. The Morgan fingerprint density at radius 2 is 2.67 bits per heavy atom. The zero-order chi connectivity index (χ0) is 6.53. The van der Waals surface area contributed by atoms with Crippen molar-refractivity contribution in [3.8, 4) is 0 Å². The molecular weight excluding hydrogens is 116 g/mol. The molecule has 0 saturated carbocycles. The lowest BCUT2D eigenvalue weighted by atomic mass is 10.5. The molecule has 0 fully saturated rings. The van der Waals surface area contributed by atoms with Gasteiger partial charge in [0.05, 0.1) is 13.2 Å². The smallest absolute Gasteiger partial charge is 0.284 e. The molecule has 52 valence electrons. The Hall–Kier alpha value is -0.730. The molecule has 1 aliphatic rings. The topological polar surface area (TPSA) is 33.6 Å². The second kappa shape index (κ2) is 3.33. The van der Waals surface area contributed by atoms with Gasteiger partial charge >= 0.3 is 0 Å². The fourth-order valence-electron chi connectivity index (χ4n) is 0.672. The number of nitrogens with zero attached hydrogens (tertiary/aromatic N) is 1. The molecule has 0 unspecified atom stereocenters. The largest absolute Gasteiger partial charge is 0.465 e. The van der Waals surface area contributed by atoms with Crippen LogP contribution < -0.4 is 5.32 Å². The van der Waals surface area contributed by atoms with Crippen molar-refractivity contribution < 1.29 is 4.74 Å². The van der Waals surface area contributed by atoms with Crippen LogP contribution in [0.25, 0.3) is 0 Å². The summed E-state index contributed by atoms with van der Waals surface area (Å²) < 4.78 is 5.19. The highest BCUT2D eigenvalue weighted by Crippen LogP contribution is 1.88. The van der Waals surface area contributed by atoms with Crippen molar-refractivity contribution in [1.82, 2.24) is 5.32 Å². The summed E-state index contributed by atoms with van der Waals surface area (Å²) >= 11 is 0. The lowest BCUT2D eigenvalue weighted by molar-refractivity contribution is 0.294. The highest BCUT2D eigenvalue weighted by Gasteiger charge is 2.03. The Kier molecular flexibility index (Phi) is 2.36. The first-order valence-corrected chi connectivity index (χ1v) is 3.34. The predicted octanol–water partition coefficient (Wildman–Crippen LogP) is 0.372. The number of amidine groups is 1. The maximum atomic E-state index is 5.19. The van der Waals surface area contributed by atoms with Gasteiger partial charge in [0, 0.05) is 6.54 Å². The Balaban J connectivity index is 2.11. The van der Waals surface area contributed by atoms with Gasteiger partial charge in [-0.05, 0) is 6.42 Å². The molecule has 0 aliphatic carbocycles. The second-order valence-corrected chi connectivity index (χ2v) is 1.96. The molecule has 0 aromatic heterocycles. The van der Waals surface area contributed by atoms with Crippen molar-refractivity contribution in [2.75, 3.05) is 19.7 Å². The number of ether oxygens (including phenoxy) is 1. The minimum atomic E-state index is 0.719. The Bertz CT molecular complexity index is 112.